The number of ether oxygens (including phenoxy) is 1. The van der Waals surface area contributed by atoms with E-state index in [1.807, 2.05) is 50.2 Å². The van der Waals surface area contributed by atoms with Crippen LogP contribution >= 0.6 is 11.6 Å². The number of nitrogens with one attached hydrogen (secondary N) is 1. The third-order valence-electron chi connectivity index (χ3n) is 3.63. The van der Waals surface area contributed by atoms with E-state index in [0.29, 0.717) is 28.4 Å². The second-order valence-electron chi connectivity index (χ2n) is 5.38. The molecule has 0 amide bonds. The van der Waals surface area contributed by atoms with Gasteiger partial charge in [0.25, 0.3) is 5.56 Å². The number of fused-ring (bicyclic) bond motifs is 1. The number of aryl methyl sites for hydroxylation is 1. The summed E-state index contributed by atoms with van der Waals surface area (Å²) in [7, 11) is 0. The van der Waals surface area contributed by atoms with Gasteiger partial charge < -0.3 is 9.72 Å². The lowest BCUT2D eigenvalue weighted by Crippen LogP contribution is -2.11. The van der Waals surface area contributed by atoms with Crippen LogP contribution < -0.4 is 10.3 Å². The Hall–Kier alpha value is -2.59. The molecule has 0 fully saturated rings. The Morgan fingerprint density at radius 3 is 2.88 bits per heavy atom. The highest BCUT2D eigenvalue weighted by molar-refractivity contribution is 6.50. The average molecular weight is 341 g/mol. The monoisotopic (exact) mass is 340 g/mol. The molecule has 0 atom stereocenters. The number of aromatic amines is 1. The molecule has 5 heteroatoms. The molecule has 0 aliphatic heterocycles. The minimum Gasteiger partial charge on any atom is -0.494 e. The van der Waals surface area contributed by atoms with Crippen molar-refractivity contribution in [3.05, 3.63) is 69.8 Å². The van der Waals surface area contributed by atoms with E-state index in [9.17, 15) is 4.79 Å². The van der Waals surface area contributed by atoms with E-state index in [-0.39, 0.29) is 5.56 Å². The number of para-hydroxylation sites is 1. The quantitative estimate of drug-likeness (QED) is 0.767. The summed E-state index contributed by atoms with van der Waals surface area (Å²) in [6.07, 6.45) is 1.76. The zero-order valence-corrected chi connectivity index (χ0v) is 14.2. The van der Waals surface area contributed by atoms with Crippen LogP contribution in [-0.2, 0) is 0 Å². The molecular formula is C19H17ClN2O2. The van der Waals surface area contributed by atoms with Crippen LogP contribution in [-0.4, -0.2) is 16.6 Å². The van der Waals surface area contributed by atoms with Gasteiger partial charge in [0.15, 0.2) is 5.82 Å². The second kappa shape index (κ2) is 6.89. The van der Waals surface area contributed by atoms with Gasteiger partial charge in [0.1, 0.15) is 5.75 Å². The van der Waals surface area contributed by atoms with E-state index in [0.717, 1.165) is 16.9 Å². The highest BCUT2D eigenvalue weighted by Gasteiger charge is 2.08. The smallest absolute Gasteiger partial charge is 0.259 e. The van der Waals surface area contributed by atoms with Crippen molar-refractivity contribution in [2.75, 3.05) is 6.61 Å². The van der Waals surface area contributed by atoms with Crippen molar-refractivity contribution < 1.29 is 4.74 Å². The first-order valence-electron chi connectivity index (χ1n) is 7.68. The molecule has 0 saturated heterocycles. The molecule has 0 saturated carbocycles. The number of H-pyrrole nitrogens is 1. The van der Waals surface area contributed by atoms with Gasteiger partial charge >= 0.3 is 0 Å². The number of aromatic nitrogens is 2. The lowest BCUT2D eigenvalue weighted by atomic mass is 10.1. The molecule has 0 bridgehead atoms. The summed E-state index contributed by atoms with van der Waals surface area (Å²) in [6.45, 7) is 4.45. The summed E-state index contributed by atoms with van der Waals surface area (Å²) >= 11 is 6.38. The summed E-state index contributed by atoms with van der Waals surface area (Å²) in [5.74, 6) is 1.12. The number of hydrogen-bond donors (Lipinski definition) is 1. The van der Waals surface area contributed by atoms with Gasteiger partial charge in [-0.3, -0.25) is 4.79 Å². The number of rotatable bonds is 4. The predicted molar refractivity (Wildman–Crippen MR) is 98.4 cm³/mol. The Labute approximate surface area is 144 Å². The molecule has 122 valence electrons. The number of nitrogens with zero attached hydrogens (tertiary/aromatic N) is 1. The lowest BCUT2D eigenvalue weighted by molar-refractivity contribution is 0.340. The fourth-order valence-corrected chi connectivity index (χ4v) is 2.71. The first kappa shape index (κ1) is 16.3. The van der Waals surface area contributed by atoms with Crippen molar-refractivity contribution >= 4 is 33.6 Å². The van der Waals surface area contributed by atoms with Gasteiger partial charge in [-0.25, -0.2) is 4.98 Å². The van der Waals surface area contributed by atoms with Crippen LogP contribution in [0.2, 0.25) is 0 Å². The van der Waals surface area contributed by atoms with Crippen molar-refractivity contribution in [1.82, 2.24) is 9.97 Å². The molecule has 2 aromatic carbocycles. The molecule has 0 spiro atoms. The predicted octanol–water partition coefficient (Wildman–Crippen LogP) is 4.37. The van der Waals surface area contributed by atoms with Crippen LogP contribution in [0.25, 0.3) is 22.0 Å². The second-order valence-corrected chi connectivity index (χ2v) is 5.79. The van der Waals surface area contributed by atoms with Gasteiger partial charge in [0.05, 0.1) is 22.5 Å². The molecule has 24 heavy (non-hydrogen) atoms. The molecule has 1 N–H and O–H groups in total. The largest absolute Gasteiger partial charge is 0.494 e. The van der Waals surface area contributed by atoms with E-state index in [2.05, 4.69) is 9.97 Å². The van der Waals surface area contributed by atoms with E-state index < -0.39 is 0 Å². The molecule has 0 radical (unpaired) electrons. The maximum absolute atomic E-state index is 12.2. The fraction of sp³-hybridized carbons (Fsp3) is 0.158. The zero-order valence-electron chi connectivity index (χ0n) is 13.5. The fourth-order valence-electron chi connectivity index (χ4n) is 2.49. The molecule has 1 aromatic heterocycles. The molecule has 4 nitrogen and oxygen atoms in total. The molecule has 0 aliphatic carbocycles. The molecular weight excluding hydrogens is 324 g/mol. The van der Waals surface area contributed by atoms with Crippen molar-refractivity contribution in [1.29, 1.82) is 0 Å². The minimum atomic E-state index is -0.201. The molecule has 0 aliphatic rings. The van der Waals surface area contributed by atoms with Crippen molar-refractivity contribution in [3.63, 3.8) is 0 Å². The standard InChI is InChI=1S/C19H17ClN2O2/c1-3-24-14-8-5-7-13(10-14)11-16(20)18-21-17-12(2)6-4-9-15(17)19(23)22-18/h4-11H,3H2,1-2H3,(H,21,22,23)/b16-11-. The zero-order chi connectivity index (χ0) is 17.1. The Kier molecular flexibility index (Phi) is 4.67. The Morgan fingerprint density at radius 2 is 2.08 bits per heavy atom. The highest BCUT2D eigenvalue weighted by atomic mass is 35.5. The average Bonchev–Trinajstić information content (AvgIpc) is 2.56. The topological polar surface area (TPSA) is 55.0 Å². The lowest BCUT2D eigenvalue weighted by Gasteiger charge is -2.06. The maximum atomic E-state index is 12.2. The van der Waals surface area contributed by atoms with Crippen LogP contribution in [0.3, 0.4) is 0 Å². The van der Waals surface area contributed by atoms with Gasteiger partial charge in [-0.05, 0) is 49.2 Å². The van der Waals surface area contributed by atoms with Gasteiger partial charge in [-0.2, -0.15) is 0 Å². The van der Waals surface area contributed by atoms with Crippen LogP contribution in [0, 0.1) is 6.92 Å². The summed E-state index contributed by atoms with van der Waals surface area (Å²) in [5.41, 5.74) is 2.26. The minimum absolute atomic E-state index is 0.201. The Bertz CT molecular complexity index is 977. The van der Waals surface area contributed by atoms with Crippen molar-refractivity contribution in [3.8, 4) is 5.75 Å². The van der Waals surface area contributed by atoms with Crippen LogP contribution in [0.5, 0.6) is 5.75 Å². The van der Waals surface area contributed by atoms with E-state index in [1.165, 1.54) is 0 Å². The van der Waals surface area contributed by atoms with E-state index in [1.54, 1.807) is 12.1 Å². The first-order valence-corrected chi connectivity index (χ1v) is 8.06. The summed E-state index contributed by atoms with van der Waals surface area (Å²) in [4.78, 5) is 19.5. The van der Waals surface area contributed by atoms with E-state index in [4.69, 9.17) is 16.3 Å². The van der Waals surface area contributed by atoms with Gasteiger partial charge in [0, 0.05) is 0 Å². The van der Waals surface area contributed by atoms with Gasteiger partial charge in [-0.1, -0.05) is 35.9 Å². The number of hydrogen-bond acceptors (Lipinski definition) is 3. The van der Waals surface area contributed by atoms with Gasteiger partial charge in [0.2, 0.25) is 0 Å². The molecule has 1 heterocycles. The van der Waals surface area contributed by atoms with Crippen molar-refractivity contribution in [2.24, 2.45) is 0 Å². The van der Waals surface area contributed by atoms with Crippen LogP contribution in [0.4, 0.5) is 0 Å². The molecule has 3 aromatic rings. The summed E-state index contributed by atoms with van der Waals surface area (Å²) in [6, 6.07) is 13.1. The third-order valence-corrected chi connectivity index (χ3v) is 3.91. The third kappa shape index (κ3) is 3.34. The summed E-state index contributed by atoms with van der Waals surface area (Å²) < 4.78 is 5.48. The highest BCUT2D eigenvalue weighted by Crippen LogP contribution is 2.23. The van der Waals surface area contributed by atoms with Crippen LogP contribution in [0.1, 0.15) is 23.9 Å². The number of halogens is 1. The Morgan fingerprint density at radius 1 is 1.29 bits per heavy atom. The number of benzene rings is 2. The van der Waals surface area contributed by atoms with E-state index >= 15 is 0 Å². The Balaban J connectivity index is 2.05. The normalized spacial score (nSPS) is 11.7. The first-order chi connectivity index (χ1) is 11.6. The molecule has 3 rings (SSSR count). The van der Waals surface area contributed by atoms with Crippen molar-refractivity contribution in [2.45, 2.75) is 13.8 Å². The SMILES string of the molecule is CCOc1cccc(/C=C(\Cl)c2nc3c(C)cccc3c(=O)[nH]2)c1. The molecule has 0 unspecified atom stereocenters. The van der Waals surface area contributed by atoms with Crippen LogP contribution in [0.15, 0.2) is 47.3 Å². The maximum Gasteiger partial charge on any atom is 0.259 e. The van der Waals surface area contributed by atoms with Gasteiger partial charge in [-0.15, -0.1) is 0 Å². The summed E-state index contributed by atoms with van der Waals surface area (Å²) in [5, 5.41) is 0.924.